The molecule has 1 N–H and O–H groups in total. The first kappa shape index (κ1) is 23.2. The fraction of sp³-hybridized carbons (Fsp3) is 0.0870. The zero-order valence-corrected chi connectivity index (χ0v) is 20.6. The standard InChI is InChI=1S/C23H18BrClN6OS/c1-15(16-4-8-19(25)9-5-16)27-28-21(32)14-33-23-30-29-22(17-3-2-12-26-13-17)31(23)20-10-6-18(24)7-11-20/h2-13H,14H2,1H3,(H,28,32). The summed E-state index contributed by atoms with van der Waals surface area (Å²) < 4.78 is 2.87. The van der Waals surface area contributed by atoms with Crippen molar-refractivity contribution in [2.24, 2.45) is 5.10 Å². The average molecular weight is 542 g/mol. The second-order valence-corrected chi connectivity index (χ2v) is 9.18. The Morgan fingerprint density at radius 3 is 2.58 bits per heavy atom. The average Bonchev–Trinajstić information content (AvgIpc) is 3.26. The number of nitrogens with zero attached hydrogens (tertiary/aromatic N) is 5. The van der Waals surface area contributed by atoms with E-state index in [4.69, 9.17) is 11.6 Å². The highest BCUT2D eigenvalue weighted by atomic mass is 79.9. The highest BCUT2D eigenvalue weighted by Crippen LogP contribution is 2.28. The third-order valence-corrected chi connectivity index (χ3v) is 6.29. The van der Waals surface area contributed by atoms with Gasteiger partial charge in [-0.2, -0.15) is 5.10 Å². The van der Waals surface area contributed by atoms with Gasteiger partial charge in [0, 0.05) is 33.1 Å². The number of nitrogens with one attached hydrogen (secondary N) is 1. The summed E-state index contributed by atoms with van der Waals surface area (Å²) in [7, 11) is 0. The van der Waals surface area contributed by atoms with Crippen molar-refractivity contribution in [3.05, 3.63) is 88.1 Å². The number of pyridine rings is 1. The quantitative estimate of drug-likeness (QED) is 0.193. The minimum Gasteiger partial charge on any atom is -0.272 e. The third-order valence-electron chi connectivity index (χ3n) is 4.58. The van der Waals surface area contributed by atoms with Gasteiger partial charge in [-0.1, -0.05) is 51.4 Å². The fourth-order valence-corrected chi connectivity index (χ4v) is 4.07. The van der Waals surface area contributed by atoms with Gasteiger partial charge < -0.3 is 0 Å². The van der Waals surface area contributed by atoms with E-state index in [1.165, 1.54) is 11.8 Å². The topological polar surface area (TPSA) is 85.1 Å². The maximum Gasteiger partial charge on any atom is 0.250 e. The highest BCUT2D eigenvalue weighted by Gasteiger charge is 2.17. The highest BCUT2D eigenvalue weighted by molar-refractivity contribution is 9.10. The molecular weight excluding hydrogens is 524 g/mol. The predicted octanol–water partition coefficient (Wildman–Crippen LogP) is 5.38. The lowest BCUT2D eigenvalue weighted by Crippen LogP contribution is -2.21. The number of rotatable bonds is 7. The van der Waals surface area contributed by atoms with E-state index in [9.17, 15) is 4.79 Å². The van der Waals surface area contributed by atoms with Gasteiger partial charge in [-0.3, -0.25) is 14.3 Å². The zero-order chi connectivity index (χ0) is 23.2. The number of halogens is 2. The Hall–Kier alpha value is -3.01. The van der Waals surface area contributed by atoms with Gasteiger partial charge in [0.2, 0.25) is 0 Å². The van der Waals surface area contributed by atoms with Gasteiger partial charge in [-0.05, 0) is 61.0 Å². The van der Waals surface area contributed by atoms with E-state index in [-0.39, 0.29) is 11.7 Å². The van der Waals surface area contributed by atoms with Crippen LogP contribution in [0.15, 0.2) is 87.8 Å². The first-order chi connectivity index (χ1) is 16.0. The first-order valence-corrected chi connectivity index (χ1v) is 12.0. The summed E-state index contributed by atoms with van der Waals surface area (Å²) in [5.41, 5.74) is 5.86. The number of thioether (sulfide) groups is 1. The second-order valence-electron chi connectivity index (χ2n) is 6.89. The molecule has 4 aromatic rings. The zero-order valence-electron chi connectivity index (χ0n) is 17.4. The van der Waals surface area contributed by atoms with Crippen LogP contribution in [0.1, 0.15) is 12.5 Å². The molecule has 2 aromatic carbocycles. The Bertz CT molecular complexity index is 1280. The molecule has 33 heavy (non-hydrogen) atoms. The number of hydrazone groups is 1. The molecule has 0 saturated heterocycles. The molecule has 0 radical (unpaired) electrons. The molecule has 0 unspecified atom stereocenters. The van der Waals surface area contributed by atoms with E-state index in [1.54, 1.807) is 24.5 Å². The second kappa shape index (κ2) is 10.7. The minimum absolute atomic E-state index is 0.124. The summed E-state index contributed by atoms with van der Waals surface area (Å²) in [5, 5.41) is 14.1. The summed E-state index contributed by atoms with van der Waals surface area (Å²) in [6, 6.07) is 18.8. The van der Waals surface area contributed by atoms with E-state index >= 15 is 0 Å². The third kappa shape index (κ3) is 5.87. The molecule has 10 heteroatoms. The molecule has 0 fully saturated rings. The SMILES string of the molecule is CC(=NNC(=O)CSc1nnc(-c2cccnc2)n1-c1ccc(Br)cc1)c1ccc(Cl)cc1. The molecule has 0 aliphatic heterocycles. The maximum absolute atomic E-state index is 12.4. The van der Waals surface area contributed by atoms with Gasteiger partial charge in [0.25, 0.3) is 5.91 Å². The lowest BCUT2D eigenvalue weighted by atomic mass is 10.1. The van der Waals surface area contributed by atoms with Gasteiger partial charge in [0.15, 0.2) is 11.0 Å². The van der Waals surface area contributed by atoms with Crippen molar-refractivity contribution in [1.82, 2.24) is 25.2 Å². The molecule has 2 heterocycles. The Morgan fingerprint density at radius 2 is 1.88 bits per heavy atom. The van der Waals surface area contributed by atoms with Crippen LogP contribution in [-0.2, 0) is 4.79 Å². The molecule has 0 aliphatic carbocycles. The monoisotopic (exact) mass is 540 g/mol. The summed E-state index contributed by atoms with van der Waals surface area (Å²) in [6.45, 7) is 1.82. The van der Waals surface area contributed by atoms with Crippen LogP contribution >= 0.6 is 39.3 Å². The molecule has 1 amide bonds. The number of aromatic nitrogens is 4. The lowest BCUT2D eigenvalue weighted by molar-refractivity contribution is -0.118. The van der Waals surface area contributed by atoms with E-state index in [0.29, 0.717) is 21.7 Å². The van der Waals surface area contributed by atoms with Crippen LogP contribution in [0.3, 0.4) is 0 Å². The molecule has 4 rings (SSSR count). The number of hydrogen-bond acceptors (Lipinski definition) is 6. The molecule has 0 bridgehead atoms. The molecule has 2 aromatic heterocycles. The Kier molecular flexibility index (Phi) is 7.54. The van der Waals surface area contributed by atoms with Crippen LogP contribution in [0.4, 0.5) is 0 Å². The van der Waals surface area contributed by atoms with Gasteiger partial charge >= 0.3 is 0 Å². The molecule has 0 spiro atoms. The van der Waals surface area contributed by atoms with Gasteiger partial charge in [0.1, 0.15) is 0 Å². The van der Waals surface area contributed by atoms with Crippen molar-refractivity contribution in [3.63, 3.8) is 0 Å². The molecule has 166 valence electrons. The molecule has 7 nitrogen and oxygen atoms in total. The number of benzene rings is 2. The van der Waals surface area contributed by atoms with Gasteiger partial charge in [-0.25, -0.2) is 5.43 Å². The van der Waals surface area contributed by atoms with E-state index < -0.39 is 0 Å². The number of hydrogen-bond donors (Lipinski definition) is 1. The van der Waals surface area contributed by atoms with E-state index in [2.05, 4.69) is 41.6 Å². The van der Waals surface area contributed by atoms with Crippen molar-refractivity contribution in [1.29, 1.82) is 0 Å². The van der Waals surface area contributed by atoms with Crippen molar-refractivity contribution in [3.8, 4) is 17.1 Å². The van der Waals surface area contributed by atoms with Crippen molar-refractivity contribution >= 4 is 50.9 Å². The number of amides is 1. The van der Waals surface area contributed by atoms with Crippen LogP contribution in [0, 0.1) is 0 Å². The fourth-order valence-electron chi connectivity index (χ4n) is 2.93. The summed E-state index contributed by atoms with van der Waals surface area (Å²) in [4.78, 5) is 16.6. The smallest absolute Gasteiger partial charge is 0.250 e. The molecular formula is C23H18BrClN6OS. The summed E-state index contributed by atoms with van der Waals surface area (Å²) in [5.74, 6) is 0.519. The summed E-state index contributed by atoms with van der Waals surface area (Å²) >= 11 is 10.7. The van der Waals surface area contributed by atoms with E-state index in [0.717, 1.165) is 21.3 Å². The first-order valence-electron chi connectivity index (χ1n) is 9.85. The number of carbonyl (C=O) groups is 1. The van der Waals surface area contributed by atoms with Crippen molar-refractivity contribution in [2.75, 3.05) is 5.75 Å². The predicted molar refractivity (Wildman–Crippen MR) is 135 cm³/mol. The van der Waals surface area contributed by atoms with Gasteiger partial charge in [-0.15, -0.1) is 10.2 Å². The maximum atomic E-state index is 12.4. The lowest BCUT2D eigenvalue weighted by Gasteiger charge is -2.10. The van der Waals surface area contributed by atoms with Gasteiger partial charge in [0.05, 0.1) is 11.5 Å². The summed E-state index contributed by atoms with van der Waals surface area (Å²) in [6.07, 6.45) is 3.44. The minimum atomic E-state index is -0.249. The molecule has 0 atom stereocenters. The van der Waals surface area contributed by atoms with Crippen LogP contribution in [-0.4, -0.2) is 37.1 Å². The normalized spacial score (nSPS) is 11.4. The Morgan fingerprint density at radius 1 is 1.12 bits per heavy atom. The molecule has 0 aliphatic rings. The van der Waals surface area contributed by atoms with Crippen molar-refractivity contribution < 1.29 is 4.79 Å². The van der Waals surface area contributed by atoms with Crippen LogP contribution in [0.25, 0.3) is 17.1 Å². The van der Waals surface area contributed by atoms with Crippen LogP contribution in [0.5, 0.6) is 0 Å². The van der Waals surface area contributed by atoms with Crippen LogP contribution in [0.2, 0.25) is 5.02 Å². The van der Waals surface area contributed by atoms with E-state index in [1.807, 2.05) is 60.0 Å². The Labute approximate surface area is 208 Å². The molecule has 0 saturated carbocycles. The van der Waals surface area contributed by atoms with Crippen molar-refractivity contribution in [2.45, 2.75) is 12.1 Å². The van der Waals surface area contributed by atoms with Crippen LogP contribution < -0.4 is 5.43 Å². The number of carbonyl (C=O) groups excluding carboxylic acids is 1. The largest absolute Gasteiger partial charge is 0.272 e. The Balaban J connectivity index is 1.51.